The molecule has 7 nitrogen and oxygen atoms in total. The number of hydrogen-bond donors (Lipinski definition) is 2. The third-order valence-corrected chi connectivity index (χ3v) is 7.94. The first kappa shape index (κ1) is 24.3. The predicted molar refractivity (Wildman–Crippen MR) is 128 cm³/mol. The summed E-state index contributed by atoms with van der Waals surface area (Å²) >= 11 is 1.60. The lowest BCUT2D eigenvalue weighted by Crippen LogP contribution is -2.50. The summed E-state index contributed by atoms with van der Waals surface area (Å²) in [6.45, 7) is 0.490. The number of nitrogens with one attached hydrogen (secondary N) is 2. The quantitative estimate of drug-likeness (QED) is 0.581. The number of anilines is 1. The molecule has 2 aromatic carbocycles. The van der Waals surface area contributed by atoms with E-state index in [2.05, 4.69) is 10.6 Å². The number of rotatable bonds is 9. The van der Waals surface area contributed by atoms with Gasteiger partial charge in [0.05, 0.1) is 10.8 Å². The fourth-order valence-corrected chi connectivity index (χ4v) is 5.68. The van der Waals surface area contributed by atoms with Crippen LogP contribution < -0.4 is 10.6 Å². The van der Waals surface area contributed by atoms with Gasteiger partial charge >= 0.3 is 0 Å². The third-order valence-electron chi connectivity index (χ3n) is 5.42. The van der Waals surface area contributed by atoms with Crippen LogP contribution in [0.4, 0.5) is 5.69 Å². The van der Waals surface area contributed by atoms with E-state index >= 15 is 0 Å². The molecule has 9 heteroatoms. The first-order chi connectivity index (χ1) is 15.4. The Balaban J connectivity index is 1.66. The number of piperidine rings is 1. The number of hydrogen-bond acceptors (Lipinski definition) is 5. The summed E-state index contributed by atoms with van der Waals surface area (Å²) in [6, 6.07) is 16.7. The number of carbonyl (C=O) groups is 2. The van der Waals surface area contributed by atoms with Gasteiger partial charge in [-0.1, -0.05) is 36.4 Å². The third kappa shape index (κ3) is 6.34. The molecule has 32 heavy (non-hydrogen) atoms. The highest BCUT2D eigenvalue weighted by Crippen LogP contribution is 2.24. The van der Waals surface area contributed by atoms with Crippen molar-refractivity contribution in [1.29, 1.82) is 0 Å². The van der Waals surface area contributed by atoms with E-state index in [9.17, 15) is 18.0 Å². The minimum absolute atomic E-state index is 0.110. The first-order valence-corrected chi connectivity index (χ1v) is 13.5. The van der Waals surface area contributed by atoms with Gasteiger partial charge in [0.1, 0.15) is 6.04 Å². The summed E-state index contributed by atoms with van der Waals surface area (Å²) in [5, 5.41) is 5.71. The molecule has 2 N–H and O–H groups in total. The van der Waals surface area contributed by atoms with Crippen molar-refractivity contribution in [2.24, 2.45) is 5.92 Å². The SMILES string of the molecule is CSCCC(NC(=O)C1CCCN(S(=O)(=O)c2ccccc2)C1)C(=O)Nc1ccccc1. The van der Waals surface area contributed by atoms with Gasteiger partial charge in [0, 0.05) is 18.8 Å². The second kappa shape index (κ2) is 11.5. The average molecular weight is 476 g/mol. The molecule has 0 aromatic heterocycles. The molecule has 1 heterocycles. The highest BCUT2D eigenvalue weighted by molar-refractivity contribution is 7.98. The zero-order valence-corrected chi connectivity index (χ0v) is 19.7. The highest BCUT2D eigenvalue weighted by Gasteiger charge is 2.34. The molecule has 0 spiro atoms. The van der Waals surface area contributed by atoms with Crippen molar-refractivity contribution < 1.29 is 18.0 Å². The lowest BCUT2D eigenvalue weighted by atomic mass is 9.98. The summed E-state index contributed by atoms with van der Waals surface area (Å²) in [4.78, 5) is 26.0. The minimum atomic E-state index is -3.66. The van der Waals surface area contributed by atoms with Crippen molar-refractivity contribution >= 4 is 39.3 Å². The lowest BCUT2D eigenvalue weighted by molar-refractivity contribution is -0.130. The fraction of sp³-hybridized carbons (Fsp3) is 0.391. The van der Waals surface area contributed by atoms with Crippen LogP contribution >= 0.6 is 11.8 Å². The summed E-state index contributed by atoms with van der Waals surface area (Å²) in [5.41, 5.74) is 0.665. The highest BCUT2D eigenvalue weighted by atomic mass is 32.2. The van der Waals surface area contributed by atoms with Crippen molar-refractivity contribution in [3.8, 4) is 0 Å². The standard InChI is InChI=1S/C23H29N3O4S2/c1-31-16-14-21(23(28)24-19-10-4-2-5-11-19)25-22(27)18-9-8-15-26(17-18)32(29,30)20-12-6-3-7-13-20/h2-7,10-13,18,21H,8-9,14-17H2,1H3,(H,24,28)(H,25,27). The van der Waals surface area contributed by atoms with Gasteiger partial charge in [-0.3, -0.25) is 9.59 Å². The number of carbonyl (C=O) groups excluding carboxylic acids is 2. The molecule has 2 amide bonds. The Hall–Kier alpha value is -2.36. The van der Waals surface area contributed by atoms with Crippen LogP contribution in [0.1, 0.15) is 19.3 Å². The zero-order chi connectivity index (χ0) is 23.0. The van der Waals surface area contributed by atoms with Crippen molar-refractivity contribution in [1.82, 2.24) is 9.62 Å². The van der Waals surface area contributed by atoms with Crippen LogP contribution in [0.15, 0.2) is 65.6 Å². The molecule has 2 unspecified atom stereocenters. The Morgan fingerprint density at radius 1 is 1.09 bits per heavy atom. The molecule has 2 aromatic rings. The van der Waals surface area contributed by atoms with E-state index in [0.717, 1.165) is 0 Å². The van der Waals surface area contributed by atoms with E-state index in [1.165, 1.54) is 4.31 Å². The summed E-state index contributed by atoms with van der Waals surface area (Å²) in [7, 11) is -3.66. The molecule has 1 fully saturated rings. The van der Waals surface area contributed by atoms with Crippen LogP contribution in [-0.2, 0) is 19.6 Å². The Kier molecular flexibility index (Phi) is 8.72. The Labute approximate surface area is 194 Å². The average Bonchev–Trinajstić information content (AvgIpc) is 2.82. The van der Waals surface area contributed by atoms with E-state index in [1.54, 1.807) is 54.2 Å². The second-order valence-corrected chi connectivity index (χ2v) is 10.6. The van der Waals surface area contributed by atoms with Crippen molar-refractivity contribution in [3.63, 3.8) is 0 Å². The second-order valence-electron chi connectivity index (χ2n) is 7.71. The Bertz CT molecular complexity index is 1000. The summed E-state index contributed by atoms with van der Waals surface area (Å²) < 4.78 is 27.3. The Morgan fingerprint density at radius 2 is 1.75 bits per heavy atom. The van der Waals surface area contributed by atoms with Gasteiger partial charge in [-0.05, 0) is 55.5 Å². The van der Waals surface area contributed by atoms with Crippen LogP contribution in [0.25, 0.3) is 0 Å². The van der Waals surface area contributed by atoms with E-state index in [1.807, 2.05) is 24.5 Å². The number of sulfonamides is 1. The van der Waals surface area contributed by atoms with Crippen LogP contribution in [0.2, 0.25) is 0 Å². The number of nitrogens with zero attached hydrogens (tertiary/aromatic N) is 1. The molecule has 172 valence electrons. The lowest BCUT2D eigenvalue weighted by Gasteiger charge is -2.32. The monoisotopic (exact) mass is 475 g/mol. The molecule has 0 radical (unpaired) electrons. The van der Waals surface area contributed by atoms with Gasteiger partial charge in [0.2, 0.25) is 21.8 Å². The molecule has 1 saturated heterocycles. The summed E-state index contributed by atoms with van der Waals surface area (Å²) in [6.07, 6.45) is 3.61. The van der Waals surface area contributed by atoms with Gasteiger partial charge in [0.15, 0.2) is 0 Å². The summed E-state index contributed by atoms with van der Waals surface area (Å²) in [5.74, 6) is -0.342. The van der Waals surface area contributed by atoms with Crippen molar-refractivity contribution in [2.45, 2.75) is 30.2 Å². The zero-order valence-electron chi connectivity index (χ0n) is 18.1. The first-order valence-electron chi connectivity index (χ1n) is 10.6. The largest absolute Gasteiger partial charge is 0.344 e. The van der Waals surface area contributed by atoms with Gasteiger partial charge in [-0.25, -0.2) is 8.42 Å². The molecule has 0 saturated carbocycles. The van der Waals surface area contributed by atoms with E-state index in [0.29, 0.717) is 37.2 Å². The van der Waals surface area contributed by atoms with E-state index in [4.69, 9.17) is 0 Å². The predicted octanol–water partition coefficient (Wildman–Crippen LogP) is 2.96. The van der Waals surface area contributed by atoms with Crippen LogP contribution in [0.3, 0.4) is 0 Å². The molecule has 0 bridgehead atoms. The van der Waals surface area contributed by atoms with Crippen LogP contribution in [0, 0.1) is 5.92 Å². The smallest absolute Gasteiger partial charge is 0.246 e. The molecule has 1 aliphatic rings. The van der Waals surface area contributed by atoms with E-state index < -0.39 is 22.0 Å². The molecule has 1 aliphatic heterocycles. The molecule has 3 rings (SSSR count). The maximum absolute atomic E-state index is 13.0. The van der Waals surface area contributed by atoms with Crippen LogP contribution in [0.5, 0.6) is 0 Å². The molecule has 2 atom stereocenters. The molecular weight excluding hydrogens is 446 g/mol. The normalized spacial score (nSPS) is 18.0. The van der Waals surface area contributed by atoms with E-state index in [-0.39, 0.29) is 23.3 Å². The number of benzene rings is 2. The number of thioether (sulfide) groups is 1. The van der Waals surface area contributed by atoms with Gasteiger partial charge in [0.25, 0.3) is 0 Å². The van der Waals surface area contributed by atoms with Gasteiger partial charge in [-0.2, -0.15) is 16.1 Å². The van der Waals surface area contributed by atoms with Gasteiger partial charge in [-0.15, -0.1) is 0 Å². The van der Waals surface area contributed by atoms with Crippen molar-refractivity contribution in [3.05, 3.63) is 60.7 Å². The Morgan fingerprint density at radius 3 is 2.41 bits per heavy atom. The maximum Gasteiger partial charge on any atom is 0.246 e. The number of amides is 2. The topological polar surface area (TPSA) is 95.6 Å². The maximum atomic E-state index is 13.0. The van der Waals surface area contributed by atoms with Crippen LogP contribution in [-0.4, -0.2) is 55.7 Å². The molecular formula is C23H29N3O4S2. The minimum Gasteiger partial charge on any atom is -0.344 e. The number of para-hydroxylation sites is 1. The van der Waals surface area contributed by atoms with Crippen molar-refractivity contribution in [2.75, 3.05) is 30.4 Å². The van der Waals surface area contributed by atoms with Gasteiger partial charge < -0.3 is 10.6 Å². The molecule has 0 aliphatic carbocycles. The fourth-order valence-electron chi connectivity index (χ4n) is 3.66.